The third-order valence-electron chi connectivity index (χ3n) is 21.6. The van der Waals surface area contributed by atoms with Gasteiger partial charge in [-0.05, 0) is 196 Å². The fraction of sp³-hybridized carbons (Fsp3) is 0.341. The van der Waals surface area contributed by atoms with Crippen LogP contribution in [0.1, 0.15) is 201 Å². The molecule has 0 amide bonds. The summed E-state index contributed by atoms with van der Waals surface area (Å²) in [5.41, 5.74) is 31.9. The summed E-state index contributed by atoms with van der Waals surface area (Å²) < 4.78 is 0. The third-order valence-corrected chi connectivity index (χ3v) is 21.6. The monoisotopic (exact) mass is 1110 g/mol. The first-order valence-corrected chi connectivity index (χ1v) is 32.1. The van der Waals surface area contributed by atoms with Crippen molar-refractivity contribution >= 4 is 57.2 Å². The van der Waals surface area contributed by atoms with Crippen molar-refractivity contribution in [2.45, 2.75) is 174 Å². The predicted octanol–water partition coefficient (Wildman–Crippen LogP) is 19.9. The molecule has 0 saturated heterocycles. The van der Waals surface area contributed by atoms with E-state index < -0.39 is 0 Å². The fourth-order valence-corrected chi connectivity index (χ4v) is 16.5. The normalized spacial score (nSPS) is 19.6. The van der Waals surface area contributed by atoms with Crippen molar-refractivity contribution in [2.75, 3.05) is 9.80 Å². The molecule has 0 bridgehead atoms. The molecular formula is C82H87BN2. The van der Waals surface area contributed by atoms with Crippen LogP contribution in [0.5, 0.6) is 0 Å². The molecule has 2 heterocycles. The van der Waals surface area contributed by atoms with Gasteiger partial charge in [-0.25, -0.2) is 0 Å². The highest BCUT2D eigenvalue weighted by Crippen LogP contribution is 2.67. The highest BCUT2D eigenvalue weighted by molar-refractivity contribution is 6.99. The Bertz CT molecular complexity index is 4020. The molecule has 4 unspecified atom stereocenters. The van der Waals surface area contributed by atoms with Crippen molar-refractivity contribution in [1.82, 2.24) is 0 Å². The molecule has 85 heavy (non-hydrogen) atoms. The zero-order valence-electron chi connectivity index (χ0n) is 53.3. The number of hydrogen-bond acceptors (Lipinski definition) is 2. The number of anilines is 6. The molecule has 0 aromatic heterocycles. The van der Waals surface area contributed by atoms with Gasteiger partial charge >= 0.3 is 0 Å². The lowest BCUT2D eigenvalue weighted by atomic mass is 9.30. The van der Waals surface area contributed by atoms with Crippen LogP contribution >= 0.6 is 0 Å². The Kier molecular flexibility index (Phi) is 12.8. The van der Waals surface area contributed by atoms with Crippen LogP contribution in [0.25, 0.3) is 11.1 Å². The third kappa shape index (κ3) is 8.93. The lowest BCUT2D eigenvalue weighted by Crippen LogP contribution is -2.62. The Morgan fingerprint density at radius 3 is 1.67 bits per heavy atom. The Morgan fingerprint density at radius 2 is 1.05 bits per heavy atom. The highest BCUT2D eigenvalue weighted by atomic mass is 15.2. The second-order valence-corrected chi connectivity index (χ2v) is 30.9. The summed E-state index contributed by atoms with van der Waals surface area (Å²) in [6.07, 6.45) is 6.81. The molecule has 2 nitrogen and oxygen atoms in total. The number of fused-ring (bicyclic) bond motifs is 10. The minimum absolute atomic E-state index is 0.00990. The summed E-state index contributed by atoms with van der Waals surface area (Å²) in [5.74, 6) is 0.353. The second-order valence-electron chi connectivity index (χ2n) is 30.9. The van der Waals surface area contributed by atoms with E-state index in [0.29, 0.717) is 0 Å². The maximum atomic E-state index is 2.78. The molecule has 9 aromatic carbocycles. The lowest BCUT2D eigenvalue weighted by Gasteiger charge is -2.51. The van der Waals surface area contributed by atoms with Gasteiger partial charge in [0.15, 0.2) is 0 Å². The minimum Gasteiger partial charge on any atom is -0.311 e. The van der Waals surface area contributed by atoms with Crippen LogP contribution in [0, 0.1) is 5.41 Å². The summed E-state index contributed by atoms with van der Waals surface area (Å²) in [6, 6.07) is 75.2. The quantitative estimate of drug-likeness (QED) is 0.140. The number of hydrogen-bond donors (Lipinski definition) is 0. The van der Waals surface area contributed by atoms with Crippen LogP contribution in [-0.4, -0.2) is 6.71 Å². The second kappa shape index (κ2) is 19.6. The van der Waals surface area contributed by atoms with E-state index in [1.807, 2.05) is 0 Å². The topological polar surface area (TPSA) is 6.48 Å². The van der Waals surface area contributed by atoms with Gasteiger partial charge in [0.1, 0.15) is 0 Å². The molecule has 0 N–H and O–H groups in total. The Balaban J connectivity index is 1.07. The lowest BCUT2D eigenvalue weighted by molar-refractivity contribution is 0.0926. The van der Waals surface area contributed by atoms with E-state index in [-0.39, 0.29) is 51.0 Å². The van der Waals surface area contributed by atoms with Crippen LogP contribution in [0.3, 0.4) is 0 Å². The van der Waals surface area contributed by atoms with Gasteiger partial charge in [0, 0.05) is 45.8 Å². The van der Waals surface area contributed by atoms with E-state index in [4.69, 9.17) is 0 Å². The van der Waals surface area contributed by atoms with E-state index in [2.05, 4.69) is 295 Å². The first-order valence-electron chi connectivity index (χ1n) is 32.1. The Hall–Kier alpha value is -7.36. The molecule has 1 fully saturated rings. The van der Waals surface area contributed by atoms with Crippen molar-refractivity contribution in [3.63, 3.8) is 0 Å². The van der Waals surface area contributed by atoms with Crippen molar-refractivity contribution in [3.8, 4) is 11.1 Å². The summed E-state index contributed by atoms with van der Waals surface area (Å²) in [6.45, 7) is 33.3. The fourth-order valence-electron chi connectivity index (χ4n) is 16.5. The Morgan fingerprint density at radius 1 is 0.494 bits per heavy atom. The largest absolute Gasteiger partial charge is 0.311 e. The van der Waals surface area contributed by atoms with E-state index in [0.717, 1.165) is 24.2 Å². The van der Waals surface area contributed by atoms with Crippen molar-refractivity contribution < 1.29 is 0 Å². The highest BCUT2D eigenvalue weighted by Gasteiger charge is 2.62. The average molecular weight is 1110 g/mol. The summed E-state index contributed by atoms with van der Waals surface area (Å²) in [7, 11) is 0. The van der Waals surface area contributed by atoms with Gasteiger partial charge < -0.3 is 9.80 Å². The van der Waals surface area contributed by atoms with Crippen LogP contribution in [0.4, 0.5) is 34.1 Å². The zero-order valence-corrected chi connectivity index (χ0v) is 53.3. The molecule has 428 valence electrons. The molecule has 14 rings (SSSR count). The van der Waals surface area contributed by atoms with E-state index in [9.17, 15) is 0 Å². The van der Waals surface area contributed by atoms with Gasteiger partial charge in [-0.15, -0.1) is 0 Å². The molecule has 3 aliphatic carbocycles. The van der Waals surface area contributed by atoms with Gasteiger partial charge in [-0.1, -0.05) is 249 Å². The zero-order chi connectivity index (χ0) is 59.3. The molecule has 0 spiro atoms. The van der Waals surface area contributed by atoms with Crippen LogP contribution in [0.15, 0.2) is 188 Å². The van der Waals surface area contributed by atoms with Crippen molar-refractivity contribution in [1.29, 1.82) is 0 Å². The van der Waals surface area contributed by atoms with Crippen molar-refractivity contribution in [3.05, 3.63) is 255 Å². The van der Waals surface area contributed by atoms with Crippen LogP contribution < -0.4 is 26.2 Å². The summed E-state index contributed by atoms with van der Waals surface area (Å²) in [5, 5.41) is 0. The van der Waals surface area contributed by atoms with Gasteiger partial charge in [-0.3, -0.25) is 0 Å². The molecule has 3 heteroatoms. The van der Waals surface area contributed by atoms with Crippen molar-refractivity contribution in [2.24, 2.45) is 5.41 Å². The molecule has 2 aliphatic heterocycles. The molecule has 9 aromatic rings. The van der Waals surface area contributed by atoms with Crippen LogP contribution in [0.2, 0.25) is 0 Å². The Labute approximate surface area is 509 Å². The molecule has 4 atom stereocenters. The SMILES string of the molecule is CC(C)(C)c1ccc(CC(c2ccc(C(C)(C)C)cc2)c2cc3c4c(c2)N(c2cccc5c2-c2ccccc2C5)c2ccc(N(c5ccc(C(C)(C)C)cc5)c5ccc(C(C)(C)C)cc5)cc2B4c2cccc4c2C3C2(C)CCCCC42C)cc1. The first kappa shape index (κ1) is 55.5. The van der Waals surface area contributed by atoms with E-state index in [1.54, 1.807) is 16.7 Å². The maximum absolute atomic E-state index is 2.78. The number of rotatable bonds is 8. The van der Waals surface area contributed by atoms with Gasteiger partial charge in [0.2, 0.25) is 6.71 Å². The van der Waals surface area contributed by atoms with Gasteiger partial charge in [0.25, 0.3) is 0 Å². The minimum atomic E-state index is 0.00990. The summed E-state index contributed by atoms with van der Waals surface area (Å²) in [4.78, 5) is 5.30. The molecule has 0 radical (unpaired) electrons. The predicted molar refractivity (Wildman–Crippen MR) is 364 cm³/mol. The molecule has 1 saturated carbocycles. The van der Waals surface area contributed by atoms with Crippen LogP contribution in [-0.2, 0) is 39.9 Å². The van der Waals surface area contributed by atoms with Gasteiger partial charge in [0.05, 0.1) is 5.69 Å². The smallest absolute Gasteiger partial charge is 0.247 e. The average Bonchev–Trinajstić information content (AvgIpc) is 1.74. The van der Waals surface area contributed by atoms with E-state index >= 15 is 0 Å². The number of benzene rings is 9. The molecule has 5 aliphatic rings. The number of nitrogens with zero attached hydrogens (tertiary/aromatic N) is 2. The summed E-state index contributed by atoms with van der Waals surface area (Å²) >= 11 is 0. The maximum Gasteiger partial charge on any atom is 0.247 e. The molecular weight excluding hydrogens is 1020 g/mol. The first-order chi connectivity index (χ1) is 40.4. The van der Waals surface area contributed by atoms with E-state index in [1.165, 1.54) is 126 Å². The van der Waals surface area contributed by atoms with Gasteiger partial charge in [-0.2, -0.15) is 0 Å². The standard InChI is InChI=1S/C82H87BN2/c1-77(2,3)57-31-27-52(28-32-57)47-65(53-29-33-58(34-30-53)78(4,5)6)56-49-66-75-74-67(81(13)45-17-18-46-82(75,81)14)24-20-25-68(74)83-69-51-63(84(61-39-35-59(36-40-61)79(7,8)9)62-41-37-60(38-42-62)80(10,11)12)43-44-70(69)85(72(50-56)76(66)83)71-26-19-22-55-48-54-21-15-16-23-64(54)73(55)71/h15-16,19-44,49-51,65,75H,17-18,45-48H2,1-14H3.